The molecule has 1 heterocycles. The lowest BCUT2D eigenvalue weighted by molar-refractivity contribution is 0.805. The van der Waals surface area contributed by atoms with Gasteiger partial charge in [0, 0.05) is 27.6 Å². The largest absolute Gasteiger partial charge is 0.341 e. The zero-order chi connectivity index (χ0) is 12.5. The molecule has 2 heteroatoms. The Hall–Kier alpha value is -1.54. The molecular weight excluding hydrogens is 286 g/mol. The van der Waals surface area contributed by atoms with Crippen molar-refractivity contribution in [2.75, 3.05) is 0 Å². The molecule has 1 nitrogen and oxygen atoms in total. The number of aromatic nitrogens is 1. The summed E-state index contributed by atoms with van der Waals surface area (Å²) in [5.74, 6) is 0. The average molecular weight is 300 g/mol. The summed E-state index contributed by atoms with van der Waals surface area (Å²) in [5.41, 5.74) is 3.85. The van der Waals surface area contributed by atoms with E-state index in [2.05, 4.69) is 82.0 Å². The van der Waals surface area contributed by atoms with Gasteiger partial charge >= 0.3 is 0 Å². The highest BCUT2D eigenvalue weighted by molar-refractivity contribution is 9.10. The monoisotopic (exact) mass is 299 g/mol. The minimum atomic E-state index is 0.985. The minimum Gasteiger partial charge on any atom is -0.341 e. The Labute approximate surface area is 115 Å². The fraction of sp³-hybridized carbons (Fsp3) is 0.125. The Balaban J connectivity index is 2.25. The van der Waals surface area contributed by atoms with Crippen LogP contribution in [-0.4, -0.2) is 4.57 Å². The van der Waals surface area contributed by atoms with Crippen LogP contribution < -0.4 is 0 Å². The van der Waals surface area contributed by atoms with Crippen LogP contribution >= 0.6 is 15.9 Å². The van der Waals surface area contributed by atoms with Crippen molar-refractivity contribution in [3.05, 3.63) is 59.1 Å². The van der Waals surface area contributed by atoms with Gasteiger partial charge in [0.2, 0.25) is 0 Å². The van der Waals surface area contributed by atoms with E-state index in [0.29, 0.717) is 0 Å². The van der Waals surface area contributed by atoms with E-state index in [1.807, 2.05) is 0 Å². The Bertz CT molecular complexity index is 680. The number of hydrogen-bond donors (Lipinski definition) is 0. The van der Waals surface area contributed by atoms with Crippen LogP contribution in [0, 0.1) is 0 Å². The van der Waals surface area contributed by atoms with E-state index in [9.17, 15) is 0 Å². The fourth-order valence-electron chi connectivity index (χ4n) is 2.41. The van der Waals surface area contributed by atoms with E-state index in [1.54, 1.807) is 0 Å². The van der Waals surface area contributed by atoms with E-state index >= 15 is 0 Å². The number of aryl methyl sites for hydroxylation is 1. The number of nitrogens with zero attached hydrogens (tertiary/aromatic N) is 1. The van der Waals surface area contributed by atoms with Crippen molar-refractivity contribution in [2.24, 2.45) is 0 Å². The zero-order valence-electron chi connectivity index (χ0n) is 10.2. The molecule has 18 heavy (non-hydrogen) atoms. The molecule has 0 saturated carbocycles. The van der Waals surface area contributed by atoms with Crippen LogP contribution in [0.1, 0.15) is 6.92 Å². The zero-order valence-corrected chi connectivity index (χ0v) is 11.8. The van der Waals surface area contributed by atoms with Gasteiger partial charge in [-0.05, 0) is 36.8 Å². The van der Waals surface area contributed by atoms with Crippen LogP contribution in [0.2, 0.25) is 0 Å². The molecule has 0 aliphatic rings. The van der Waals surface area contributed by atoms with Gasteiger partial charge in [0.25, 0.3) is 0 Å². The van der Waals surface area contributed by atoms with Crippen LogP contribution in [0.15, 0.2) is 59.1 Å². The molecule has 0 radical (unpaired) electrons. The molecule has 0 spiro atoms. The number of rotatable bonds is 2. The predicted molar refractivity (Wildman–Crippen MR) is 80.7 cm³/mol. The van der Waals surface area contributed by atoms with E-state index < -0.39 is 0 Å². The lowest BCUT2D eigenvalue weighted by Gasteiger charge is -2.08. The summed E-state index contributed by atoms with van der Waals surface area (Å²) in [4.78, 5) is 0. The van der Waals surface area contributed by atoms with Gasteiger partial charge in [0.05, 0.1) is 0 Å². The van der Waals surface area contributed by atoms with Crippen LogP contribution in [0.4, 0.5) is 0 Å². The standard InChI is InChI=1S/C16H14BrN/c1-2-18-15-6-4-3-5-13(15)11-16(18)12-7-9-14(17)10-8-12/h3-11H,2H2,1H3. The quantitative estimate of drug-likeness (QED) is 0.621. The van der Waals surface area contributed by atoms with E-state index in [4.69, 9.17) is 0 Å². The molecule has 0 bridgehead atoms. The van der Waals surface area contributed by atoms with Crippen molar-refractivity contribution in [2.45, 2.75) is 13.5 Å². The number of benzene rings is 2. The first-order valence-electron chi connectivity index (χ1n) is 6.14. The highest BCUT2D eigenvalue weighted by Crippen LogP contribution is 2.28. The molecule has 3 rings (SSSR count). The first-order chi connectivity index (χ1) is 8.79. The maximum atomic E-state index is 3.48. The number of hydrogen-bond acceptors (Lipinski definition) is 0. The summed E-state index contributed by atoms with van der Waals surface area (Å²) in [6, 6.07) is 19.3. The van der Waals surface area contributed by atoms with E-state index in [0.717, 1.165) is 11.0 Å². The van der Waals surface area contributed by atoms with Gasteiger partial charge in [-0.1, -0.05) is 46.3 Å². The third-order valence-electron chi connectivity index (χ3n) is 3.27. The fourth-order valence-corrected chi connectivity index (χ4v) is 2.68. The normalized spacial score (nSPS) is 11.0. The number of para-hydroxylation sites is 1. The maximum Gasteiger partial charge on any atom is 0.0491 e. The van der Waals surface area contributed by atoms with Gasteiger partial charge in [-0.15, -0.1) is 0 Å². The summed E-state index contributed by atoms with van der Waals surface area (Å²) in [7, 11) is 0. The summed E-state index contributed by atoms with van der Waals surface area (Å²) in [5, 5.41) is 1.30. The molecule has 0 atom stereocenters. The molecule has 0 amide bonds. The maximum absolute atomic E-state index is 3.48. The topological polar surface area (TPSA) is 4.93 Å². The molecule has 2 aromatic carbocycles. The highest BCUT2D eigenvalue weighted by Gasteiger charge is 2.08. The van der Waals surface area contributed by atoms with Crippen molar-refractivity contribution >= 4 is 26.8 Å². The van der Waals surface area contributed by atoms with Crippen LogP contribution in [0.3, 0.4) is 0 Å². The van der Waals surface area contributed by atoms with Gasteiger partial charge in [-0.2, -0.15) is 0 Å². The summed E-state index contributed by atoms with van der Waals surface area (Å²) in [6.07, 6.45) is 0. The molecule has 0 unspecified atom stereocenters. The number of halogens is 1. The van der Waals surface area contributed by atoms with Gasteiger partial charge in [-0.25, -0.2) is 0 Å². The smallest absolute Gasteiger partial charge is 0.0491 e. The summed E-state index contributed by atoms with van der Waals surface area (Å²) >= 11 is 3.48. The molecule has 0 aliphatic carbocycles. The Morgan fingerprint density at radius 1 is 1.00 bits per heavy atom. The third-order valence-corrected chi connectivity index (χ3v) is 3.80. The molecule has 90 valence electrons. The summed E-state index contributed by atoms with van der Waals surface area (Å²) in [6.45, 7) is 3.17. The third kappa shape index (κ3) is 1.87. The molecule has 0 aliphatic heterocycles. The summed E-state index contributed by atoms with van der Waals surface area (Å²) < 4.78 is 3.48. The SMILES string of the molecule is CCn1c(-c2ccc(Br)cc2)cc2ccccc21. The highest BCUT2D eigenvalue weighted by atomic mass is 79.9. The van der Waals surface area contributed by atoms with E-state index in [-0.39, 0.29) is 0 Å². The van der Waals surface area contributed by atoms with Gasteiger partial charge in [0.15, 0.2) is 0 Å². The van der Waals surface area contributed by atoms with Crippen molar-refractivity contribution < 1.29 is 0 Å². The van der Waals surface area contributed by atoms with Crippen molar-refractivity contribution in [3.8, 4) is 11.3 Å². The lowest BCUT2D eigenvalue weighted by Crippen LogP contribution is -1.96. The lowest BCUT2D eigenvalue weighted by atomic mass is 10.1. The van der Waals surface area contributed by atoms with Crippen LogP contribution in [0.5, 0.6) is 0 Å². The second-order valence-corrected chi connectivity index (χ2v) is 5.26. The Morgan fingerprint density at radius 2 is 1.72 bits per heavy atom. The van der Waals surface area contributed by atoms with Crippen molar-refractivity contribution in [1.29, 1.82) is 0 Å². The molecule has 0 fully saturated rings. The predicted octanol–water partition coefficient (Wildman–Crippen LogP) is 5.09. The first kappa shape index (κ1) is 11.5. The minimum absolute atomic E-state index is 0.985. The van der Waals surface area contributed by atoms with Crippen LogP contribution in [0.25, 0.3) is 22.2 Å². The Morgan fingerprint density at radius 3 is 2.44 bits per heavy atom. The van der Waals surface area contributed by atoms with Gasteiger partial charge < -0.3 is 4.57 Å². The molecular formula is C16H14BrN. The molecule has 0 N–H and O–H groups in total. The first-order valence-corrected chi connectivity index (χ1v) is 6.93. The second-order valence-electron chi connectivity index (χ2n) is 4.34. The molecule has 0 saturated heterocycles. The van der Waals surface area contributed by atoms with Crippen molar-refractivity contribution in [1.82, 2.24) is 4.57 Å². The van der Waals surface area contributed by atoms with Gasteiger partial charge in [-0.3, -0.25) is 0 Å². The second kappa shape index (κ2) is 4.62. The van der Waals surface area contributed by atoms with Crippen LogP contribution in [-0.2, 0) is 6.54 Å². The molecule has 3 aromatic rings. The number of fused-ring (bicyclic) bond motifs is 1. The Kier molecular flexibility index (Phi) is 2.96. The van der Waals surface area contributed by atoms with Gasteiger partial charge in [0.1, 0.15) is 0 Å². The van der Waals surface area contributed by atoms with E-state index in [1.165, 1.54) is 22.2 Å². The van der Waals surface area contributed by atoms with Crippen molar-refractivity contribution in [3.63, 3.8) is 0 Å². The average Bonchev–Trinajstić information content (AvgIpc) is 2.78. The molecule has 1 aromatic heterocycles.